The Bertz CT molecular complexity index is 767. The summed E-state index contributed by atoms with van der Waals surface area (Å²) in [7, 11) is -4.32. The lowest BCUT2D eigenvalue weighted by Gasteiger charge is -2.24. The molecule has 2 aromatic rings. The van der Waals surface area contributed by atoms with Gasteiger partial charge in [0.15, 0.2) is 4.90 Å². The zero-order valence-electron chi connectivity index (χ0n) is 12.8. The molecular weight excluding hydrogens is 356 g/mol. The van der Waals surface area contributed by atoms with Gasteiger partial charge in [0.25, 0.3) is 0 Å². The van der Waals surface area contributed by atoms with Crippen molar-refractivity contribution in [2.45, 2.75) is 30.4 Å². The summed E-state index contributed by atoms with van der Waals surface area (Å²) in [5, 5.41) is 1.83. The van der Waals surface area contributed by atoms with Gasteiger partial charge in [-0.1, -0.05) is 12.1 Å². The third-order valence-corrected chi connectivity index (χ3v) is 6.59. The Balaban J connectivity index is 1.96. The van der Waals surface area contributed by atoms with Gasteiger partial charge in [0.05, 0.1) is 6.10 Å². The molecule has 1 saturated heterocycles. The third kappa shape index (κ3) is 3.66. The van der Waals surface area contributed by atoms with E-state index in [1.807, 2.05) is 5.38 Å². The van der Waals surface area contributed by atoms with Crippen LogP contribution in [0.3, 0.4) is 0 Å². The Morgan fingerprint density at radius 1 is 1.21 bits per heavy atom. The summed E-state index contributed by atoms with van der Waals surface area (Å²) < 4.78 is 60.4. The van der Waals surface area contributed by atoms with Gasteiger partial charge in [-0.2, -0.15) is 4.31 Å². The first-order valence-electron chi connectivity index (χ1n) is 7.56. The Kier molecular flexibility index (Phi) is 5.29. The molecule has 3 rings (SSSR count). The maximum absolute atomic E-state index is 14.0. The van der Waals surface area contributed by atoms with E-state index in [0.29, 0.717) is 6.61 Å². The van der Waals surface area contributed by atoms with Crippen molar-refractivity contribution < 1.29 is 21.9 Å². The second-order valence-corrected chi connectivity index (χ2v) is 8.47. The fourth-order valence-electron chi connectivity index (χ4n) is 2.70. The van der Waals surface area contributed by atoms with Crippen molar-refractivity contribution in [1.29, 1.82) is 0 Å². The van der Waals surface area contributed by atoms with Gasteiger partial charge in [-0.25, -0.2) is 17.2 Å². The van der Waals surface area contributed by atoms with Crippen LogP contribution < -0.4 is 0 Å². The lowest BCUT2D eigenvalue weighted by atomic mass is 10.2. The fraction of sp³-hybridized carbons (Fsp3) is 0.375. The normalized spacial score (nSPS) is 18.4. The predicted molar refractivity (Wildman–Crippen MR) is 87.2 cm³/mol. The standard InChI is InChI=1S/C16H17F2NO3S2/c17-14-6-1-7-15(18)16(14)24(20,21)19(10-12-4-2-8-22-12)11-13-5-3-9-23-13/h1,3,5-7,9,12H,2,4,8,10-11H2. The van der Waals surface area contributed by atoms with E-state index in [9.17, 15) is 17.2 Å². The van der Waals surface area contributed by atoms with Gasteiger partial charge < -0.3 is 4.74 Å². The summed E-state index contributed by atoms with van der Waals surface area (Å²) in [4.78, 5) is -0.104. The molecule has 1 aliphatic heterocycles. The van der Waals surface area contributed by atoms with Crippen LogP contribution in [-0.2, 0) is 21.3 Å². The van der Waals surface area contributed by atoms with Crippen LogP contribution in [0.4, 0.5) is 8.78 Å². The molecule has 1 atom stereocenters. The highest BCUT2D eigenvalue weighted by atomic mass is 32.2. The van der Waals surface area contributed by atoms with Gasteiger partial charge in [-0.3, -0.25) is 0 Å². The van der Waals surface area contributed by atoms with Crippen LogP contribution in [0.1, 0.15) is 17.7 Å². The number of rotatable bonds is 6. The number of nitrogens with zero attached hydrogens (tertiary/aromatic N) is 1. The van der Waals surface area contributed by atoms with Crippen LogP contribution >= 0.6 is 11.3 Å². The quantitative estimate of drug-likeness (QED) is 0.780. The van der Waals surface area contributed by atoms with E-state index >= 15 is 0 Å². The molecule has 0 aliphatic carbocycles. The summed E-state index contributed by atoms with van der Waals surface area (Å²) in [6, 6.07) is 6.64. The Morgan fingerprint density at radius 3 is 2.54 bits per heavy atom. The Morgan fingerprint density at radius 2 is 1.96 bits per heavy atom. The molecule has 0 amide bonds. The van der Waals surface area contributed by atoms with Crippen LogP contribution in [0.15, 0.2) is 40.6 Å². The summed E-state index contributed by atoms with van der Waals surface area (Å²) in [6.45, 7) is 0.716. The lowest BCUT2D eigenvalue weighted by Crippen LogP contribution is -2.37. The SMILES string of the molecule is O=S(=O)(c1c(F)cccc1F)N(Cc1cccs1)CC1CCCO1. The molecule has 0 bridgehead atoms. The maximum atomic E-state index is 14.0. The number of ether oxygens (including phenoxy) is 1. The molecule has 4 nitrogen and oxygen atoms in total. The zero-order chi connectivity index (χ0) is 17.2. The molecule has 1 fully saturated rings. The molecule has 0 spiro atoms. The topological polar surface area (TPSA) is 46.6 Å². The van der Waals surface area contributed by atoms with Crippen LogP contribution in [-0.4, -0.2) is 32.0 Å². The van der Waals surface area contributed by atoms with Crippen molar-refractivity contribution in [3.05, 3.63) is 52.2 Å². The minimum atomic E-state index is -4.32. The largest absolute Gasteiger partial charge is 0.377 e. The average molecular weight is 373 g/mol. The average Bonchev–Trinajstić information content (AvgIpc) is 3.19. The first kappa shape index (κ1) is 17.5. The number of hydrogen-bond donors (Lipinski definition) is 0. The number of sulfonamides is 1. The molecule has 1 aromatic carbocycles. The molecule has 8 heteroatoms. The molecular formula is C16H17F2NO3S2. The maximum Gasteiger partial charge on any atom is 0.249 e. The highest BCUT2D eigenvalue weighted by Gasteiger charge is 2.33. The van der Waals surface area contributed by atoms with E-state index in [-0.39, 0.29) is 19.2 Å². The van der Waals surface area contributed by atoms with Crippen molar-refractivity contribution in [2.75, 3.05) is 13.2 Å². The second kappa shape index (κ2) is 7.26. The zero-order valence-corrected chi connectivity index (χ0v) is 14.5. The molecule has 2 heterocycles. The van der Waals surface area contributed by atoms with Gasteiger partial charge in [0.2, 0.25) is 10.0 Å². The first-order chi connectivity index (χ1) is 11.5. The predicted octanol–water partition coefficient (Wildman–Crippen LogP) is 3.40. The number of halogens is 2. The van der Waals surface area contributed by atoms with Crippen LogP contribution in [0, 0.1) is 11.6 Å². The highest BCUT2D eigenvalue weighted by molar-refractivity contribution is 7.89. The summed E-state index contributed by atoms with van der Waals surface area (Å²) in [5.41, 5.74) is 0. The van der Waals surface area contributed by atoms with E-state index in [2.05, 4.69) is 0 Å². The lowest BCUT2D eigenvalue weighted by molar-refractivity contribution is 0.0926. The summed E-state index contributed by atoms with van der Waals surface area (Å²) in [6.07, 6.45) is 1.33. The van der Waals surface area contributed by atoms with Crippen molar-refractivity contribution >= 4 is 21.4 Å². The minimum absolute atomic E-state index is 0.0631. The van der Waals surface area contributed by atoms with Crippen molar-refractivity contribution in [1.82, 2.24) is 4.31 Å². The second-order valence-electron chi connectivity index (χ2n) is 5.56. The van der Waals surface area contributed by atoms with Gasteiger partial charge >= 0.3 is 0 Å². The Hall–Kier alpha value is -1.35. The van der Waals surface area contributed by atoms with Crippen molar-refractivity contribution in [3.63, 3.8) is 0 Å². The first-order valence-corrected chi connectivity index (χ1v) is 9.88. The van der Waals surface area contributed by atoms with Crippen LogP contribution in [0.25, 0.3) is 0 Å². The van der Waals surface area contributed by atoms with E-state index in [0.717, 1.165) is 40.2 Å². The highest BCUT2D eigenvalue weighted by Crippen LogP contribution is 2.27. The number of thiophene rings is 1. The van der Waals surface area contributed by atoms with Gasteiger partial charge in [-0.15, -0.1) is 11.3 Å². The molecule has 130 valence electrons. The van der Waals surface area contributed by atoms with E-state index in [4.69, 9.17) is 4.74 Å². The minimum Gasteiger partial charge on any atom is -0.377 e. The molecule has 1 unspecified atom stereocenters. The van der Waals surface area contributed by atoms with Gasteiger partial charge in [0, 0.05) is 24.6 Å². The van der Waals surface area contributed by atoms with Gasteiger partial charge in [0.1, 0.15) is 11.6 Å². The smallest absolute Gasteiger partial charge is 0.249 e. The van der Waals surface area contributed by atoms with Gasteiger partial charge in [-0.05, 0) is 36.4 Å². The summed E-state index contributed by atoms with van der Waals surface area (Å²) in [5.74, 6) is -2.17. The van der Waals surface area contributed by atoms with E-state index in [1.54, 1.807) is 12.1 Å². The van der Waals surface area contributed by atoms with Crippen molar-refractivity contribution in [3.8, 4) is 0 Å². The van der Waals surface area contributed by atoms with E-state index < -0.39 is 26.6 Å². The molecule has 0 saturated carbocycles. The molecule has 0 radical (unpaired) electrons. The number of benzene rings is 1. The molecule has 0 N–H and O–H groups in total. The summed E-state index contributed by atoms with van der Waals surface area (Å²) >= 11 is 1.39. The van der Waals surface area contributed by atoms with E-state index in [1.165, 1.54) is 11.3 Å². The Labute approximate surface area is 143 Å². The molecule has 1 aliphatic rings. The molecule has 24 heavy (non-hydrogen) atoms. The number of hydrogen-bond acceptors (Lipinski definition) is 4. The third-order valence-electron chi connectivity index (χ3n) is 3.86. The fourth-order valence-corrected chi connectivity index (χ4v) is 5.06. The monoisotopic (exact) mass is 373 g/mol. The molecule has 1 aromatic heterocycles. The van der Waals surface area contributed by atoms with Crippen LogP contribution in [0.5, 0.6) is 0 Å². The van der Waals surface area contributed by atoms with Crippen LogP contribution in [0.2, 0.25) is 0 Å². The van der Waals surface area contributed by atoms with Crippen molar-refractivity contribution in [2.24, 2.45) is 0 Å².